The number of benzene rings is 1. The van der Waals surface area contributed by atoms with Gasteiger partial charge in [0.05, 0.1) is 12.9 Å². The average Bonchev–Trinajstić information content (AvgIpc) is 2.63. The fraction of sp³-hybridized carbons (Fsp3) is 0.286. The van der Waals surface area contributed by atoms with Crippen LogP contribution < -0.4 is 11.4 Å². The van der Waals surface area contributed by atoms with Gasteiger partial charge in [-0.1, -0.05) is 57.4 Å². The van der Waals surface area contributed by atoms with E-state index in [9.17, 15) is 4.39 Å². The van der Waals surface area contributed by atoms with Gasteiger partial charge in [0.15, 0.2) is 5.84 Å². The molecule has 1 aromatic carbocycles. The quantitative estimate of drug-likeness (QED) is 0.232. The summed E-state index contributed by atoms with van der Waals surface area (Å²) in [7, 11) is 0. The molecule has 0 atom stereocenters. The highest BCUT2D eigenvalue weighted by atomic mass is 19.1. The van der Waals surface area contributed by atoms with Gasteiger partial charge >= 0.3 is 0 Å². The number of nitrogens with zero attached hydrogens (tertiary/aromatic N) is 2. The highest BCUT2D eigenvalue weighted by Gasteiger charge is 2.19. The SMILES string of the molecule is C=C(C)C(=C)N(CC(/C=C\C)=C/F)/C(=N\NN)c1cccc(C(C)C)c1. The van der Waals surface area contributed by atoms with Gasteiger partial charge in [0, 0.05) is 11.3 Å². The van der Waals surface area contributed by atoms with E-state index in [1.165, 1.54) is 5.56 Å². The number of nitrogens with two attached hydrogens (primary N) is 1. The zero-order valence-electron chi connectivity index (χ0n) is 16.1. The molecular weight excluding hydrogens is 327 g/mol. The van der Waals surface area contributed by atoms with E-state index < -0.39 is 0 Å². The second-order valence-corrected chi connectivity index (χ2v) is 6.34. The minimum absolute atomic E-state index is 0.249. The molecule has 140 valence electrons. The molecule has 0 saturated heterocycles. The van der Waals surface area contributed by atoms with Crippen LogP contribution in [0.2, 0.25) is 0 Å². The molecule has 1 rings (SSSR count). The highest BCUT2D eigenvalue weighted by molar-refractivity contribution is 6.00. The van der Waals surface area contributed by atoms with Gasteiger partial charge < -0.3 is 4.90 Å². The Morgan fingerprint density at radius 3 is 2.58 bits per heavy atom. The van der Waals surface area contributed by atoms with Crippen LogP contribution in [0.5, 0.6) is 0 Å². The molecule has 1 aromatic rings. The third kappa shape index (κ3) is 5.70. The maximum absolute atomic E-state index is 13.3. The zero-order chi connectivity index (χ0) is 19.7. The molecular formula is C21H29FN4. The first-order chi connectivity index (χ1) is 12.3. The average molecular weight is 356 g/mol. The summed E-state index contributed by atoms with van der Waals surface area (Å²) in [6, 6.07) is 8.02. The summed E-state index contributed by atoms with van der Waals surface area (Å²) in [6.07, 6.45) is 4.07. The molecule has 26 heavy (non-hydrogen) atoms. The lowest BCUT2D eigenvalue weighted by Gasteiger charge is -2.29. The normalized spacial score (nSPS) is 12.6. The summed E-state index contributed by atoms with van der Waals surface area (Å²) in [6.45, 7) is 16.2. The van der Waals surface area contributed by atoms with Gasteiger partial charge in [-0.05, 0) is 42.5 Å². The molecule has 0 radical (unpaired) electrons. The maximum atomic E-state index is 13.3. The van der Waals surface area contributed by atoms with E-state index >= 15 is 0 Å². The molecule has 0 fully saturated rings. The number of hydrogen-bond acceptors (Lipinski definition) is 3. The molecule has 5 heteroatoms. The fourth-order valence-electron chi connectivity index (χ4n) is 2.43. The molecule has 0 aromatic heterocycles. The molecule has 0 aliphatic rings. The van der Waals surface area contributed by atoms with E-state index in [2.05, 4.69) is 43.7 Å². The number of nitrogens with one attached hydrogen (secondary N) is 1. The second kappa shape index (κ2) is 10.4. The van der Waals surface area contributed by atoms with Gasteiger partial charge in [-0.25, -0.2) is 15.8 Å². The summed E-state index contributed by atoms with van der Waals surface area (Å²) >= 11 is 0. The fourth-order valence-corrected chi connectivity index (χ4v) is 2.43. The van der Waals surface area contributed by atoms with Gasteiger partial charge in [-0.2, -0.15) is 0 Å². The van der Waals surface area contributed by atoms with E-state index in [1.807, 2.05) is 32.0 Å². The molecule has 0 spiro atoms. The minimum atomic E-state index is 0.249. The second-order valence-electron chi connectivity index (χ2n) is 6.34. The highest BCUT2D eigenvalue weighted by Crippen LogP contribution is 2.22. The van der Waals surface area contributed by atoms with Crippen LogP contribution in [0, 0.1) is 0 Å². The summed E-state index contributed by atoms with van der Waals surface area (Å²) in [5.41, 5.74) is 6.26. The van der Waals surface area contributed by atoms with E-state index in [-0.39, 0.29) is 6.54 Å². The molecule has 3 N–H and O–H groups in total. The Labute approximate surface area is 156 Å². The third-order valence-electron chi connectivity index (χ3n) is 3.92. The van der Waals surface area contributed by atoms with Crippen molar-refractivity contribution >= 4 is 5.84 Å². The Bertz CT molecular complexity index is 729. The monoisotopic (exact) mass is 356 g/mol. The lowest BCUT2D eigenvalue weighted by Crippen LogP contribution is -2.35. The van der Waals surface area contributed by atoms with Crippen LogP contribution >= 0.6 is 0 Å². The number of hydrazone groups is 1. The molecule has 0 unspecified atom stereocenters. The zero-order valence-corrected chi connectivity index (χ0v) is 16.1. The Balaban J connectivity index is 3.45. The van der Waals surface area contributed by atoms with Gasteiger partial charge in [0.1, 0.15) is 0 Å². The lowest BCUT2D eigenvalue weighted by atomic mass is 10.00. The number of allylic oxidation sites excluding steroid dienone is 2. The predicted molar refractivity (Wildman–Crippen MR) is 109 cm³/mol. The van der Waals surface area contributed by atoms with Crippen LogP contribution in [0.25, 0.3) is 0 Å². The minimum Gasteiger partial charge on any atom is -0.320 e. The van der Waals surface area contributed by atoms with Crippen molar-refractivity contribution in [2.75, 3.05) is 6.54 Å². The Kier molecular flexibility index (Phi) is 8.52. The number of halogens is 1. The van der Waals surface area contributed by atoms with Crippen molar-refractivity contribution in [2.45, 2.75) is 33.6 Å². The van der Waals surface area contributed by atoms with Crippen LogP contribution in [0.15, 0.2) is 77.8 Å². The van der Waals surface area contributed by atoms with Crippen molar-refractivity contribution in [3.05, 3.63) is 83.9 Å². The van der Waals surface area contributed by atoms with Crippen molar-refractivity contribution in [2.24, 2.45) is 10.9 Å². The van der Waals surface area contributed by atoms with Crippen LogP contribution in [-0.2, 0) is 0 Å². The molecule has 0 aliphatic carbocycles. The topological polar surface area (TPSA) is 53.6 Å². The Hall–Kier alpha value is -2.66. The van der Waals surface area contributed by atoms with E-state index in [0.29, 0.717) is 29.4 Å². The summed E-state index contributed by atoms with van der Waals surface area (Å²) in [5, 5.41) is 4.24. The van der Waals surface area contributed by atoms with E-state index in [0.717, 1.165) is 11.1 Å². The number of hydrazine groups is 1. The maximum Gasteiger partial charge on any atom is 0.162 e. The number of hydrogen-bond donors (Lipinski definition) is 2. The van der Waals surface area contributed by atoms with E-state index in [4.69, 9.17) is 5.84 Å². The van der Waals surface area contributed by atoms with E-state index in [1.54, 1.807) is 17.1 Å². The molecule has 0 saturated carbocycles. The van der Waals surface area contributed by atoms with Gasteiger partial charge in [0.2, 0.25) is 0 Å². The van der Waals surface area contributed by atoms with Crippen molar-refractivity contribution in [3.8, 4) is 0 Å². The molecule has 0 heterocycles. The van der Waals surface area contributed by atoms with Crippen molar-refractivity contribution < 1.29 is 4.39 Å². The summed E-state index contributed by atoms with van der Waals surface area (Å²) in [5.74, 6) is 6.39. The predicted octanol–water partition coefficient (Wildman–Crippen LogP) is 4.76. The molecule has 0 bridgehead atoms. The van der Waals surface area contributed by atoms with Crippen LogP contribution in [-0.4, -0.2) is 17.3 Å². The smallest absolute Gasteiger partial charge is 0.162 e. The van der Waals surface area contributed by atoms with Crippen molar-refractivity contribution in [1.29, 1.82) is 0 Å². The van der Waals surface area contributed by atoms with Crippen LogP contribution in [0.3, 0.4) is 0 Å². The standard InChI is InChI=1S/C21H29FN4/c1-7-9-18(13-22)14-26(17(6)15(2)3)21(24-25-23)20-11-8-10-19(12-20)16(4)5/h7-13,16,25H,2,6,14,23H2,1,3-5H3/b9-7-,18-13+,24-21-. The Morgan fingerprint density at radius 1 is 1.38 bits per heavy atom. The lowest BCUT2D eigenvalue weighted by molar-refractivity contribution is 0.553. The summed E-state index contributed by atoms with van der Waals surface area (Å²) < 4.78 is 13.3. The first kappa shape index (κ1) is 21.4. The van der Waals surface area contributed by atoms with Crippen LogP contribution in [0.1, 0.15) is 44.7 Å². The summed E-state index contributed by atoms with van der Waals surface area (Å²) in [4.78, 5) is 1.80. The largest absolute Gasteiger partial charge is 0.320 e. The van der Waals surface area contributed by atoms with Crippen LogP contribution in [0.4, 0.5) is 4.39 Å². The Morgan fingerprint density at radius 2 is 2.08 bits per heavy atom. The number of amidine groups is 1. The molecule has 0 aliphatic heterocycles. The first-order valence-electron chi connectivity index (χ1n) is 8.53. The van der Waals surface area contributed by atoms with Crippen molar-refractivity contribution in [1.82, 2.24) is 10.4 Å². The van der Waals surface area contributed by atoms with Gasteiger partial charge in [0.25, 0.3) is 0 Å². The third-order valence-corrected chi connectivity index (χ3v) is 3.92. The van der Waals surface area contributed by atoms with Gasteiger partial charge in [-0.15, -0.1) is 5.10 Å². The van der Waals surface area contributed by atoms with Crippen molar-refractivity contribution in [3.63, 3.8) is 0 Å². The first-order valence-corrected chi connectivity index (χ1v) is 8.53. The molecule has 4 nitrogen and oxygen atoms in total. The number of rotatable bonds is 8. The van der Waals surface area contributed by atoms with Gasteiger partial charge in [-0.3, -0.25) is 0 Å². The molecule has 0 amide bonds.